The number of rotatable bonds is 6. The van der Waals surface area contributed by atoms with Gasteiger partial charge in [0.05, 0.1) is 11.6 Å². The number of hydrogen-bond acceptors (Lipinski definition) is 4. The van der Waals surface area contributed by atoms with Crippen LogP contribution >= 0.6 is 0 Å². The molecule has 1 atom stereocenters. The molecule has 0 saturated heterocycles. The molecule has 146 valence electrons. The summed E-state index contributed by atoms with van der Waals surface area (Å²) < 4.78 is 1.66. The van der Waals surface area contributed by atoms with Crippen molar-refractivity contribution in [3.05, 3.63) is 58.5 Å². The van der Waals surface area contributed by atoms with Gasteiger partial charge in [-0.05, 0) is 42.5 Å². The lowest BCUT2D eigenvalue weighted by Gasteiger charge is -2.24. The highest BCUT2D eigenvalue weighted by Gasteiger charge is 2.37. The molecule has 3 rings (SSSR count). The van der Waals surface area contributed by atoms with Gasteiger partial charge in [0.2, 0.25) is 5.91 Å². The molecule has 28 heavy (non-hydrogen) atoms. The van der Waals surface area contributed by atoms with Crippen molar-refractivity contribution in [3.8, 4) is 17.2 Å². The summed E-state index contributed by atoms with van der Waals surface area (Å²) in [6.45, 7) is 2.55. The molecule has 6 nitrogen and oxygen atoms in total. The van der Waals surface area contributed by atoms with E-state index in [0.29, 0.717) is 25.8 Å². The van der Waals surface area contributed by atoms with Crippen LogP contribution in [0, 0.1) is 11.3 Å². The number of aryl methyl sites for hydroxylation is 1. The highest BCUT2D eigenvalue weighted by Crippen LogP contribution is 2.27. The van der Waals surface area contributed by atoms with Gasteiger partial charge in [-0.3, -0.25) is 9.59 Å². The molecule has 1 fully saturated rings. The van der Waals surface area contributed by atoms with Crippen LogP contribution in [0.4, 0.5) is 0 Å². The minimum Gasteiger partial charge on any atom is -0.338 e. The fourth-order valence-corrected chi connectivity index (χ4v) is 3.68. The van der Waals surface area contributed by atoms with Crippen molar-refractivity contribution in [2.45, 2.75) is 57.2 Å². The normalized spacial score (nSPS) is 16.3. The maximum atomic E-state index is 12.4. The highest BCUT2D eigenvalue weighted by molar-refractivity contribution is 5.86. The highest BCUT2D eigenvalue weighted by atomic mass is 16.2. The largest absolute Gasteiger partial charge is 0.338 e. The van der Waals surface area contributed by atoms with Crippen LogP contribution in [0.3, 0.4) is 0 Å². The Kier molecular flexibility index (Phi) is 5.96. The first-order valence-electron chi connectivity index (χ1n) is 9.74. The molecule has 0 unspecified atom stereocenters. The van der Waals surface area contributed by atoms with Crippen LogP contribution in [-0.2, 0) is 17.8 Å². The van der Waals surface area contributed by atoms with Gasteiger partial charge < -0.3 is 15.6 Å². The van der Waals surface area contributed by atoms with Crippen molar-refractivity contribution in [3.63, 3.8) is 0 Å². The first-order chi connectivity index (χ1) is 13.4. The van der Waals surface area contributed by atoms with Gasteiger partial charge in [-0.25, -0.2) is 0 Å². The number of benzene rings is 1. The Bertz CT molecular complexity index is 934. The molecular formula is C22H26N4O2. The number of carbonyl (C=O) groups excluding carboxylic acids is 1. The lowest BCUT2D eigenvalue weighted by Crippen LogP contribution is -2.54. The predicted octanol–water partition coefficient (Wildman–Crippen LogP) is 2.36. The molecule has 2 aromatic rings. The van der Waals surface area contributed by atoms with Crippen LogP contribution in [0.1, 0.15) is 38.2 Å². The van der Waals surface area contributed by atoms with Gasteiger partial charge in [0.15, 0.2) is 0 Å². The zero-order valence-electron chi connectivity index (χ0n) is 16.1. The van der Waals surface area contributed by atoms with E-state index in [2.05, 4.69) is 11.4 Å². The summed E-state index contributed by atoms with van der Waals surface area (Å²) in [6.07, 6.45) is 5.52. The van der Waals surface area contributed by atoms with Crippen LogP contribution in [0.5, 0.6) is 0 Å². The average molecular weight is 378 g/mol. The lowest BCUT2D eigenvalue weighted by atomic mass is 9.96. The molecule has 1 aromatic heterocycles. The Balaban J connectivity index is 1.68. The maximum Gasteiger partial charge on any atom is 0.250 e. The van der Waals surface area contributed by atoms with Gasteiger partial charge in [0, 0.05) is 25.2 Å². The van der Waals surface area contributed by atoms with Gasteiger partial charge in [0.25, 0.3) is 5.56 Å². The van der Waals surface area contributed by atoms with Crippen LogP contribution < -0.4 is 16.6 Å². The Morgan fingerprint density at radius 1 is 1.21 bits per heavy atom. The van der Waals surface area contributed by atoms with Crippen LogP contribution in [0.2, 0.25) is 0 Å². The zero-order chi connectivity index (χ0) is 20.1. The molecule has 1 amide bonds. The number of carbonyl (C=O) groups is 1. The summed E-state index contributed by atoms with van der Waals surface area (Å²) in [5.74, 6) is -0.227. The summed E-state index contributed by atoms with van der Waals surface area (Å²) in [5.41, 5.74) is 8.24. The number of amides is 1. The van der Waals surface area contributed by atoms with Crippen molar-refractivity contribution >= 4 is 5.91 Å². The summed E-state index contributed by atoms with van der Waals surface area (Å²) in [4.78, 5) is 24.2. The topological polar surface area (TPSA) is 101 Å². The predicted molar refractivity (Wildman–Crippen MR) is 108 cm³/mol. The summed E-state index contributed by atoms with van der Waals surface area (Å²) >= 11 is 0. The van der Waals surface area contributed by atoms with Crippen LogP contribution in [0.15, 0.2) is 47.4 Å². The first-order valence-corrected chi connectivity index (χ1v) is 9.74. The van der Waals surface area contributed by atoms with Crippen molar-refractivity contribution in [1.29, 1.82) is 5.26 Å². The third-order valence-electron chi connectivity index (χ3n) is 5.46. The number of nitrogens with zero attached hydrogens (tertiary/aromatic N) is 2. The van der Waals surface area contributed by atoms with E-state index >= 15 is 0 Å². The van der Waals surface area contributed by atoms with Crippen LogP contribution in [0.25, 0.3) is 11.1 Å². The Labute approximate surface area is 165 Å². The van der Waals surface area contributed by atoms with E-state index < -0.39 is 11.6 Å². The van der Waals surface area contributed by atoms with E-state index in [0.717, 1.165) is 29.5 Å². The molecule has 1 aromatic carbocycles. The third kappa shape index (κ3) is 4.32. The number of aromatic nitrogens is 1. The molecule has 1 aliphatic rings. The average Bonchev–Trinajstić information content (AvgIpc) is 3.16. The van der Waals surface area contributed by atoms with Gasteiger partial charge in [-0.2, -0.15) is 5.26 Å². The maximum absolute atomic E-state index is 12.4. The fourth-order valence-electron chi connectivity index (χ4n) is 3.68. The van der Waals surface area contributed by atoms with Crippen molar-refractivity contribution < 1.29 is 4.79 Å². The van der Waals surface area contributed by atoms with E-state index in [9.17, 15) is 14.9 Å². The van der Waals surface area contributed by atoms with Crippen molar-refractivity contribution in [2.24, 2.45) is 5.73 Å². The quantitative estimate of drug-likeness (QED) is 0.806. The Hall–Kier alpha value is -2.91. The Morgan fingerprint density at radius 2 is 1.86 bits per heavy atom. The molecule has 0 bridgehead atoms. The van der Waals surface area contributed by atoms with E-state index in [1.807, 2.05) is 43.5 Å². The molecular weight excluding hydrogens is 352 g/mol. The summed E-state index contributed by atoms with van der Waals surface area (Å²) in [6, 6.07) is 12.8. The molecule has 0 radical (unpaired) electrons. The lowest BCUT2D eigenvalue weighted by molar-refractivity contribution is -0.126. The molecule has 1 aliphatic carbocycles. The number of hydrogen-bond donors (Lipinski definition) is 2. The minimum atomic E-state index is -0.832. The zero-order valence-corrected chi connectivity index (χ0v) is 16.1. The smallest absolute Gasteiger partial charge is 0.250 e. The van der Waals surface area contributed by atoms with E-state index in [1.54, 1.807) is 10.6 Å². The molecule has 6 heteroatoms. The van der Waals surface area contributed by atoms with Gasteiger partial charge in [-0.1, -0.05) is 37.1 Å². The molecule has 3 N–H and O–H groups in total. The number of nitrogens with two attached hydrogens (primary N) is 1. The SMILES string of the molecule is CCn1cc(-c2ccc(C[C@@H](C#N)NC(=O)C3(N)CCCC3)cc2)ccc1=O. The number of nitriles is 1. The van der Waals surface area contributed by atoms with Gasteiger partial charge in [0.1, 0.15) is 6.04 Å². The monoisotopic (exact) mass is 378 g/mol. The number of pyridine rings is 1. The van der Waals surface area contributed by atoms with E-state index in [-0.39, 0.29) is 11.5 Å². The van der Waals surface area contributed by atoms with Gasteiger partial charge >= 0.3 is 0 Å². The second kappa shape index (κ2) is 8.41. The Morgan fingerprint density at radius 3 is 2.46 bits per heavy atom. The third-order valence-corrected chi connectivity index (χ3v) is 5.46. The standard InChI is InChI=1S/C22H26N4O2/c1-2-26-15-18(9-10-20(26)27)17-7-5-16(6-8-17)13-19(14-23)25-21(28)22(24)11-3-4-12-22/h5-10,15,19H,2-4,11-13,24H2,1H3,(H,25,28)/t19-/m0/s1. The molecule has 0 spiro atoms. The minimum absolute atomic E-state index is 0.0181. The van der Waals surface area contributed by atoms with Crippen molar-refractivity contribution in [1.82, 2.24) is 9.88 Å². The first kappa shape index (κ1) is 19.8. The van der Waals surface area contributed by atoms with E-state index in [4.69, 9.17) is 5.73 Å². The molecule has 1 heterocycles. The van der Waals surface area contributed by atoms with Crippen LogP contribution in [-0.4, -0.2) is 22.1 Å². The molecule has 1 saturated carbocycles. The number of nitrogens with one attached hydrogen (secondary N) is 1. The second-order valence-electron chi connectivity index (χ2n) is 7.46. The van der Waals surface area contributed by atoms with Gasteiger partial charge in [-0.15, -0.1) is 0 Å². The second-order valence-corrected chi connectivity index (χ2v) is 7.46. The summed E-state index contributed by atoms with van der Waals surface area (Å²) in [7, 11) is 0. The summed E-state index contributed by atoms with van der Waals surface area (Å²) in [5, 5.41) is 12.2. The van der Waals surface area contributed by atoms with Crippen molar-refractivity contribution in [2.75, 3.05) is 0 Å². The molecule has 0 aliphatic heterocycles. The fraction of sp³-hybridized carbons (Fsp3) is 0.409. The van der Waals surface area contributed by atoms with E-state index in [1.165, 1.54) is 0 Å².